The molecule has 2 aromatic carbocycles. The number of nitrogens with zero attached hydrogens (tertiary/aromatic N) is 2. The molecule has 0 aliphatic heterocycles. The lowest BCUT2D eigenvalue weighted by Crippen LogP contribution is -2.03. The highest BCUT2D eigenvalue weighted by atomic mass is 16.5. The average molecular weight is 296 g/mol. The molecule has 0 aliphatic rings. The highest BCUT2D eigenvalue weighted by Gasteiger charge is 2.16. The summed E-state index contributed by atoms with van der Waals surface area (Å²) in [5.41, 5.74) is 0.887. The lowest BCUT2D eigenvalue weighted by molar-refractivity contribution is 0.189. The van der Waals surface area contributed by atoms with Crippen LogP contribution in [0.5, 0.6) is 11.5 Å². The summed E-state index contributed by atoms with van der Waals surface area (Å²) in [6.07, 6.45) is -0.335. The molecule has 0 N–H and O–H groups in total. The molecule has 1 unspecified atom stereocenters. The van der Waals surface area contributed by atoms with Gasteiger partial charge in [0.05, 0.1) is 7.11 Å². The SMILES string of the molecule is COc1ccc(OC(C)c2nnc(-c3ccccc3)o2)cc1. The van der Waals surface area contributed by atoms with Crippen molar-refractivity contribution in [2.24, 2.45) is 0 Å². The fourth-order valence-electron chi connectivity index (χ4n) is 2.01. The zero-order valence-electron chi connectivity index (χ0n) is 12.4. The third-order valence-corrected chi connectivity index (χ3v) is 3.18. The predicted octanol–water partition coefficient (Wildman–Crippen LogP) is 3.89. The van der Waals surface area contributed by atoms with Crippen molar-refractivity contribution in [2.45, 2.75) is 13.0 Å². The molecule has 0 radical (unpaired) electrons. The molecule has 3 rings (SSSR count). The van der Waals surface area contributed by atoms with Crippen LogP contribution in [0, 0.1) is 0 Å². The standard InChI is InChI=1S/C17H16N2O3/c1-12(21-15-10-8-14(20-2)9-11-15)16-18-19-17(22-16)13-6-4-3-5-7-13/h3-12H,1-2H3. The van der Waals surface area contributed by atoms with E-state index in [0.717, 1.165) is 11.3 Å². The van der Waals surface area contributed by atoms with E-state index in [1.54, 1.807) is 7.11 Å². The third kappa shape index (κ3) is 3.09. The number of rotatable bonds is 5. The Labute approximate surface area is 128 Å². The van der Waals surface area contributed by atoms with Crippen LogP contribution in [0.25, 0.3) is 11.5 Å². The molecular formula is C17H16N2O3. The third-order valence-electron chi connectivity index (χ3n) is 3.18. The van der Waals surface area contributed by atoms with Crippen molar-refractivity contribution in [3.8, 4) is 23.0 Å². The Morgan fingerprint density at radius 2 is 1.59 bits per heavy atom. The summed E-state index contributed by atoms with van der Waals surface area (Å²) >= 11 is 0. The zero-order chi connectivity index (χ0) is 15.4. The fourth-order valence-corrected chi connectivity index (χ4v) is 2.01. The highest BCUT2D eigenvalue weighted by molar-refractivity contribution is 5.51. The van der Waals surface area contributed by atoms with Gasteiger partial charge in [0.1, 0.15) is 11.5 Å². The summed E-state index contributed by atoms with van der Waals surface area (Å²) in [4.78, 5) is 0. The van der Waals surface area contributed by atoms with Gasteiger partial charge in [-0.05, 0) is 43.3 Å². The molecule has 0 saturated carbocycles. The first-order valence-corrected chi connectivity index (χ1v) is 6.96. The summed E-state index contributed by atoms with van der Waals surface area (Å²) in [5, 5.41) is 8.12. The molecule has 112 valence electrons. The van der Waals surface area contributed by atoms with Gasteiger partial charge in [-0.15, -0.1) is 10.2 Å². The van der Waals surface area contributed by atoms with Crippen LogP contribution in [0.2, 0.25) is 0 Å². The maximum atomic E-state index is 5.80. The molecule has 1 atom stereocenters. The van der Waals surface area contributed by atoms with Gasteiger partial charge >= 0.3 is 0 Å². The van der Waals surface area contributed by atoms with Crippen molar-refractivity contribution < 1.29 is 13.9 Å². The zero-order valence-corrected chi connectivity index (χ0v) is 12.4. The first-order chi connectivity index (χ1) is 10.8. The molecular weight excluding hydrogens is 280 g/mol. The lowest BCUT2D eigenvalue weighted by Gasteiger charge is -2.11. The van der Waals surface area contributed by atoms with E-state index in [1.807, 2.05) is 61.5 Å². The molecule has 0 spiro atoms. The molecule has 3 aromatic rings. The van der Waals surface area contributed by atoms with E-state index in [-0.39, 0.29) is 6.10 Å². The van der Waals surface area contributed by atoms with Gasteiger partial charge in [-0.2, -0.15) is 0 Å². The minimum absolute atomic E-state index is 0.335. The van der Waals surface area contributed by atoms with Gasteiger partial charge in [-0.1, -0.05) is 18.2 Å². The number of hydrogen-bond donors (Lipinski definition) is 0. The van der Waals surface area contributed by atoms with Gasteiger partial charge in [0.15, 0.2) is 6.10 Å². The van der Waals surface area contributed by atoms with Crippen LogP contribution < -0.4 is 9.47 Å². The number of ether oxygens (including phenoxy) is 2. The van der Waals surface area contributed by atoms with Crippen LogP contribution in [0.15, 0.2) is 59.0 Å². The van der Waals surface area contributed by atoms with E-state index in [2.05, 4.69) is 10.2 Å². The molecule has 0 fully saturated rings. The maximum absolute atomic E-state index is 5.80. The molecule has 1 aromatic heterocycles. The minimum Gasteiger partial charge on any atom is -0.497 e. The smallest absolute Gasteiger partial charge is 0.257 e. The van der Waals surface area contributed by atoms with Crippen molar-refractivity contribution in [3.63, 3.8) is 0 Å². The van der Waals surface area contributed by atoms with E-state index in [1.165, 1.54) is 0 Å². The number of benzene rings is 2. The second-order valence-corrected chi connectivity index (χ2v) is 4.75. The quantitative estimate of drug-likeness (QED) is 0.715. The van der Waals surface area contributed by atoms with Crippen LogP contribution in [-0.2, 0) is 0 Å². The first-order valence-electron chi connectivity index (χ1n) is 6.96. The summed E-state index contributed by atoms with van der Waals surface area (Å²) in [6.45, 7) is 1.87. The molecule has 0 saturated heterocycles. The molecule has 0 aliphatic carbocycles. The van der Waals surface area contributed by atoms with Crippen molar-refractivity contribution in [1.82, 2.24) is 10.2 Å². The number of aromatic nitrogens is 2. The van der Waals surface area contributed by atoms with Crippen molar-refractivity contribution in [3.05, 3.63) is 60.5 Å². The average Bonchev–Trinajstić information content (AvgIpc) is 3.06. The highest BCUT2D eigenvalue weighted by Crippen LogP contribution is 2.25. The van der Waals surface area contributed by atoms with Crippen LogP contribution in [0.1, 0.15) is 18.9 Å². The van der Waals surface area contributed by atoms with E-state index < -0.39 is 0 Å². The summed E-state index contributed by atoms with van der Waals surface area (Å²) < 4.78 is 16.6. The largest absolute Gasteiger partial charge is 0.497 e. The Morgan fingerprint density at radius 1 is 0.909 bits per heavy atom. The second-order valence-electron chi connectivity index (χ2n) is 4.75. The monoisotopic (exact) mass is 296 g/mol. The van der Waals surface area contributed by atoms with E-state index in [4.69, 9.17) is 13.9 Å². The number of hydrogen-bond acceptors (Lipinski definition) is 5. The number of methoxy groups -OCH3 is 1. The van der Waals surface area contributed by atoms with E-state index in [0.29, 0.717) is 17.5 Å². The normalized spacial score (nSPS) is 11.9. The Morgan fingerprint density at radius 3 is 2.27 bits per heavy atom. The minimum atomic E-state index is -0.335. The Bertz CT molecular complexity index is 723. The van der Waals surface area contributed by atoms with Crippen molar-refractivity contribution in [1.29, 1.82) is 0 Å². The van der Waals surface area contributed by atoms with Gasteiger partial charge in [0, 0.05) is 5.56 Å². The van der Waals surface area contributed by atoms with Crippen molar-refractivity contribution in [2.75, 3.05) is 7.11 Å². The lowest BCUT2D eigenvalue weighted by atomic mass is 10.2. The predicted molar refractivity (Wildman–Crippen MR) is 81.8 cm³/mol. The summed E-state index contributed by atoms with van der Waals surface area (Å²) in [7, 11) is 1.63. The topological polar surface area (TPSA) is 57.4 Å². The summed E-state index contributed by atoms with van der Waals surface area (Å²) in [6, 6.07) is 17.0. The van der Waals surface area contributed by atoms with Crippen molar-refractivity contribution >= 4 is 0 Å². The maximum Gasteiger partial charge on any atom is 0.257 e. The van der Waals surface area contributed by atoms with Crippen LogP contribution in [0.4, 0.5) is 0 Å². The molecule has 22 heavy (non-hydrogen) atoms. The van der Waals surface area contributed by atoms with E-state index >= 15 is 0 Å². The van der Waals surface area contributed by atoms with Crippen LogP contribution in [0.3, 0.4) is 0 Å². The molecule has 0 bridgehead atoms. The molecule has 5 heteroatoms. The fraction of sp³-hybridized carbons (Fsp3) is 0.176. The first kappa shape index (κ1) is 14.1. The van der Waals surface area contributed by atoms with E-state index in [9.17, 15) is 0 Å². The molecule has 1 heterocycles. The molecule has 5 nitrogen and oxygen atoms in total. The summed E-state index contributed by atoms with van der Waals surface area (Å²) in [5.74, 6) is 2.42. The van der Waals surface area contributed by atoms with Gasteiger partial charge in [0.2, 0.25) is 5.89 Å². The van der Waals surface area contributed by atoms with Crippen LogP contribution in [-0.4, -0.2) is 17.3 Å². The Kier molecular flexibility index (Phi) is 4.05. The van der Waals surface area contributed by atoms with Gasteiger partial charge in [0.25, 0.3) is 5.89 Å². The van der Waals surface area contributed by atoms with Gasteiger partial charge < -0.3 is 13.9 Å². The van der Waals surface area contributed by atoms with Crippen LogP contribution >= 0.6 is 0 Å². The Balaban J connectivity index is 1.72. The van der Waals surface area contributed by atoms with Gasteiger partial charge in [-0.25, -0.2) is 0 Å². The van der Waals surface area contributed by atoms with Gasteiger partial charge in [-0.3, -0.25) is 0 Å². The molecule has 0 amide bonds. The second kappa shape index (κ2) is 6.30. The Hall–Kier alpha value is -2.82.